The predicted octanol–water partition coefficient (Wildman–Crippen LogP) is 1.77. The highest BCUT2D eigenvalue weighted by molar-refractivity contribution is 5.87. The van der Waals surface area contributed by atoms with Crippen molar-refractivity contribution in [2.75, 3.05) is 6.61 Å². The maximum atomic E-state index is 13.4. The van der Waals surface area contributed by atoms with Crippen LogP contribution in [-0.4, -0.2) is 17.7 Å². The molecule has 1 N–H and O–H groups in total. The lowest BCUT2D eigenvalue weighted by Gasteiger charge is -2.07. The Morgan fingerprint density at radius 3 is 2.71 bits per heavy atom. The first-order valence-electron chi connectivity index (χ1n) is 4.20. The molecule has 0 aliphatic carbocycles. The Morgan fingerprint density at radius 1 is 1.64 bits per heavy atom. The Bertz CT molecular complexity index is 396. The molecule has 2 rings (SSSR count). The summed E-state index contributed by atoms with van der Waals surface area (Å²) in [7, 11) is 0. The van der Waals surface area contributed by atoms with Crippen molar-refractivity contribution < 1.29 is 19.0 Å². The number of halogens is 1. The van der Waals surface area contributed by atoms with Crippen molar-refractivity contribution in [3.63, 3.8) is 0 Å². The number of benzene rings is 1. The number of hydrogen-bond acceptors (Lipinski definition) is 2. The largest absolute Gasteiger partial charge is 0.478 e. The lowest BCUT2D eigenvalue weighted by atomic mass is 10.00. The highest BCUT2D eigenvalue weighted by Crippen LogP contribution is 2.39. The third-order valence-corrected chi connectivity index (χ3v) is 2.36. The van der Waals surface area contributed by atoms with Gasteiger partial charge in [-0.1, -0.05) is 6.07 Å². The molecule has 1 aromatic rings. The van der Waals surface area contributed by atoms with Crippen LogP contribution in [0.5, 0.6) is 0 Å². The zero-order chi connectivity index (χ0) is 10.3. The van der Waals surface area contributed by atoms with Gasteiger partial charge in [0.15, 0.2) is 0 Å². The summed E-state index contributed by atoms with van der Waals surface area (Å²) in [5, 5.41) is 8.62. The first kappa shape index (κ1) is 9.15. The van der Waals surface area contributed by atoms with Crippen LogP contribution >= 0.6 is 0 Å². The summed E-state index contributed by atoms with van der Waals surface area (Å²) in [4.78, 5) is 10.5. The quantitative estimate of drug-likeness (QED) is 0.733. The van der Waals surface area contributed by atoms with Crippen LogP contribution in [-0.2, 0) is 10.3 Å². The molecule has 0 aromatic heterocycles. The van der Waals surface area contributed by atoms with E-state index in [4.69, 9.17) is 9.84 Å². The summed E-state index contributed by atoms with van der Waals surface area (Å²) in [6.45, 7) is 2.25. The third-order valence-electron chi connectivity index (χ3n) is 2.36. The molecule has 1 fully saturated rings. The van der Waals surface area contributed by atoms with Crippen molar-refractivity contribution in [3.8, 4) is 0 Å². The average molecular weight is 196 g/mol. The third kappa shape index (κ3) is 1.37. The van der Waals surface area contributed by atoms with Crippen molar-refractivity contribution in [1.82, 2.24) is 0 Å². The molecule has 4 heteroatoms. The number of hydrogen-bond donors (Lipinski definition) is 1. The van der Waals surface area contributed by atoms with E-state index < -0.39 is 17.4 Å². The monoisotopic (exact) mass is 196 g/mol. The van der Waals surface area contributed by atoms with Gasteiger partial charge in [0.1, 0.15) is 11.4 Å². The lowest BCUT2D eigenvalue weighted by Crippen LogP contribution is -2.07. The normalized spacial score (nSPS) is 24.7. The molecule has 1 aliphatic heterocycles. The number of rotatable bonds is 2. The molecule has 1 saturated heterocycles. The van der Waals surface area contributed by atoms with Gasteiger partial charge < -0.3 is 9.84 Å². The van der Waals surface area contributed by atoms with Gasteiger partial charge >= 0.3 is 5.97 Å². The van der Waals surface area contributed by atoms with Gasteiger partial charge in [-0.2, -0.15) is 0 Å². The van der Waals surface area contributed by atoms with Crippen LogP contribution in [0.3, 0.4) is 0 Å². The van der Waals surface area contributed by atoms with Crippen LogP contribution < -0.4 is 0 Å². The summed E-state index contributed by atoms with van der Waals surface area (Å²) < 4.78 is 18.5. The van der Waals surface area contributed by atoms with Gasteiger partial charge in [0, 0.05) is 5.56 Å². The summed E-state index contributed by atoms with van der Waals surface area (Å²) in [5.74, 6) is -1.65. The Balaban J connectivity index is 2.41. The molecule has 0 amide bonds. The van der Waals surface area contributed by atoms with Gasteiger partial charge in [-0.25, -0.2) is 9.18 Å². The smallest absolute Gasteiger partial charge is 0.335 e. The second-order valence-electron chi connectivity index (χ2n) is 3.52. The minimum Gasteiger partial charge on any atom is -0.478 e. The van der Waals surface area contributed by atoms with Crippen LogP contribution in [0.4, 0.5) is 4.39 Å². The molecule has 0 saturated carbocycles. The van der Waals surface area contributed by atoms with Crippen molar-refractivity contribution in [2.45, 2.75) is 12.5 Å². The SMILES string of the molecule is CC1(c2ccc(C(=O)O)cc2F)CO1. The van der Waals surface area contributed by atoms with Crippen molar-refractivity contribution in [1.29, 1.82) is 0 Å². The molecule has 3 nitrogen and oxygen atoms in total. The van der Waals surface area contributed by atoms with E-state index >= 15 is 0 Å². The van der Waals surface area contributed by atoms with Gasteiger partial charge in [-0.15, -0.1) is 0 Å². The molecule has 0 bridgehead atoms. The second kappa shape index (κ2) is 2.78. The van der Waals surface area contributed by atoms with Crippen LogP contribution in [0.15, 0.2) is 18.2 Å². The average Bonchev–Trinajstić information content (AvgIpc) is 2.84. The molecule has 1 unspecified atom stereocenters. The first-order valence-corrected chi connectivity index (χ1v) is 4.20. The standard InChI is InChI=1S/C10H9FO3/c1-10(5-14-10)7-3-2-6(9(12)13)4-8(7)11/h2-4H,5H2,1H3,(H,12,13). The van der Waals surface area contributed by atoms with Crippen LogP contribution in [0.25, 0.3) is 0 Å². The molecule has 1 aliphatic rings. The predicted molar refractivity (Wildman–Crippen MR) is 46.7 cm³/mol. The molecule has 1 atom stereocenters. The summed E-state index contributed by atoms with van der Waals surface area (Å²) >= 11 is 0. The fraction of sp³-hybridized carbons (Fsp3) is 0.300. The topological polar surface area (TPSA) is 49.8 Å². The maximum absolute atomic E-state index is 13.4. The highest BCUT2D eigenvalue weighted by atomic mass is 19.1. The minimum absolute atomic E-state index is 0.0458. The second-order valence-corrected chi connectivity index (χ2v) is 3.52. The zero-order valence-corrected chi connectivity index (χ0v) is 7.58. The number of carboxylic acid groups (broad SMARTS) is 1. The van der Waals surface area contributed by atoms with Gasteiger partial charge in [0.05, 0.1) is 12.2 Å². The van der Waals surface area contributed by atoms with E-state index in [0.29, 0.717) is 12.2 Å². The van der Waals surface area contributed by atoms with Crippen molar-refractivity contribution in [3.05, 3.63) is 35.1 Å². The molecule has 1 aromatic carbocycles. The Kier molecular flexibility index (Phi) is 1.82. The van der Waals surface area contributed by atoms with Crippen molar-refractivity contribution >= 4 is 5.97 Å². The molecule has 0 spiro atoms. The number of carboxylic acids is 1. The van der Waals surface area contributed by atoms with E-state index in [1.807, 2.05) is 0 Å². The fourth-order valence-corrected chi connectivity index (χ4v) is 1.34. The summed E-state index contributed by atoms with van der Waals surface area (Å²) in [6.07, 6.45) is 0. The van der Waals surface area contributed by atoms with E-state index in [-0.39, 0.29) is 5.56 Å². The van der Waals surface area contributed by atoms with Gasteiger partial charge in [-0.3, -0.25) is 0 Å². The lowest BCUT2D eigenvalue weighted by molar-refractivity contribution is 0.0696. The van der Waals surface area contributed by atoms with Crippen molar-refractivity contribution in [2.24, 2.45) is 0 Å². The van der Waals surface area contributed by atoms with Gasteiger partial charge in [0.2, 0.25) is 0 Å². The first-order chi connectivity index (χ1) is 6.53. The number of aromatic carboxylic acids is 1. The van der Waals surface area contributed by atoms with E-state index in [1.165, 1.54) is 12.1 Å². The maximum Gasteiger partial charge on any atom is 0.335 e. The van der Waals surface area contributed by atoms with Crippen LogP contribution in [0.1, 0.15) is 22.8 Å². The Hall–Kier alpha value is -1.42. The fourth-order valence-electron chi connectivity index (χ4n) is 1.34. The minimum atomic E-state index is -1.13. The van der Waals surface area contributed by atoms with Crippen LogP contribution in [0.2, 0.25) is 0 Å². The van der Waals surface area contributed by atoms with Crippen LogP contribution in [0, 0.1) is 5.82 Å². The van der Waals surface area contributed by atoms with E-state index in [2.05, 4.69) is 0 Å². The summed E-state index contributed by atoms with van der Waals surface area (Å²) in [5.41, 5.74) is -0.181. The number of ether oxygens (including phenoxy) is 1. The Morgan fingerprint density at radius 2 is 2.29 bits per heavy atom. The molecule has 14 heavy (non-hydrogen) atoms. The van der Waals surface area contributed by atoms with E-state index in [9.17, 15) is 9.18 Å². The molecule has 0 radical (unpaired) electrons. The zero-order valence-electron chi connectivity index (χ0n) is 7.58. The van der Waals surface area contributed by atoms with E-state index in [0.717, 1.165) is 6.07 Å². The van der Waals surface area contributed by atoms with E-state index in [1.54, 1.807) is 6.92 Å². The molecule has 74 valence electrons. The number of epoxide rings is 1. The highest BCUT2D eigenvalue weighted by Gasteiger charge is 2.43. The molecular weight excluding hydrogens is 187 g/mol. The van der Waals surface area contributed by atoms with Gasteiger partial charge in [0.25, 0.3) is 0 Å². The summed E-state index contributed by atoms with van der Waals surface area (Å²) in [6, 6.07) is 3.87. The molecule has 1 heterocycles. The molecular formula is C10H9FO3. The van der Waals surface area contributed by atoms with Gasteiger partial charge in [-0.05, 0) is 19.1 Å². The number of carbonyl (C=O) groups is 1. The Labute approximate surface area is 80.1 Å².